The van der Waals surface area contributed by atoms with E-state index in [4.69, 9.17) is 4.42 Å². The van der Waals surface area contributed by atoms with Crippen molar-refractivity contribution in [2.75, 3.05) is 0 Å². The number of benzene rings is 2. The zero-order valence-corrected chi connectivity index (χ0v) is 14.3. The van der Waals surface area contributed by atoms with E-state index in [0.717, 1.165) is 55.3 Å². The molecule has 24 heavy (non-hydrogen) atoms. The van der Waals surface area contributed by atoms with Crippen molar-refractivity contribution in [1.82, 2.24) is 4.98 Å². The second-order valence-electron chi connectivity index (χ2n) is 6.49. The highest BCUT2D eigenvalue weighted by Crippen LogP contribution is 2.36. The molecule has 0 aliphatic rings. The third kappa shape index (κ3) is 1.94. The minimum atomic E-state index is -0.0496. The quantitative estimate of drug-likeness (QED) is 0.526. The predicted octanol–water partition coefficient (Wildman–Crippen LogP) is 5.17. The van der Waals surface area contributed by atoms with Crippen LogP contribution >= 0.6 is 0 Å². The van der Waals surface area contributed by atoms with Crippen molar-refractivity contribution in [2.24, 2.45) is 0 Å². The molecule has 0 radical (unpaired) electrons. The molecule has 0 aliphatic carbocycles. The zero-order chi connectivity index (χ0) is 17.0. The average Bonchev–Trinajstić information content (AvgIpc) is 2.93. The number of rotatable bonds is 1. The van der Waals surface area contributed by atoms with Crippen LogP contribution in [0.4, 0.5) is 0 Å². The minimum absolute atomic E-state index is 0.0496. The zero-order valence-electron chi connectivity index (χ0n) is 14.3. The van der Waals surface area contributed by atoms with Crippen LogP contribution in [0.25, 0.3) is 33.0 Å². The standard InChI is InChI=1S/C21H19NO2/c1-11-7-5-6-8-15(11)18-13(3)21(23)22-19-14(4)20-16(9-17(18)19)12(2)10-24-20/h5-10H,1-4H3,(H,22,23). The van der Waals surface area contributed by atoms with Gasteiger partial charge in [-0.3, -0.25) is 4.79 Å². The van der Waals surface area contributed by atoms with Gasteiger partial charge in [0, 0.05) is 21.9 Å². The van der Waals surface area contributed by atoms with Gasteiger partial charge in [-0.2, -0.15) is 0 Å². The molecule has 0 spiro atoms. The normalized spacial score (nSPS) is 11.5. The molecule has 2 heterocycles. The maximum atomic E-state index is 12.5. The number of H-pyrrole nitrogens is 1. The van der Waals surface area contributed by atoms with Crippen LogP contribution in [-0.4, -0.2) is 4.98 Å². The lowest BCUT2D eigenvalue weighted by Gasteiger charge is -2.14. The molecule has 0 saturated heterocycles. The Morgan fingerprint density at radius 1 is 0.917 bits per heavy atom. The summed E-state index contributed by atoms with van der Waals surface area (Å²) in [5, 5.41) is 2.16. The van der Waals surface area contributed by atoms with Crippen LogP contribution < -0.4 is 5.56 Å². The number of hydrogen-bond acceptors (Lipinski definition) is 2. The predicted molar refractivity (Wildman–Crippen MR) is 98.7 cm³/mol. The van der Waals surface area contributed by atoms with Crippen LogP contribution in [0.1, 0.15) is 22.3 Å². The number of hydrogen-bond donors (Lipinski definition) is 1. The molecule has 2 aromatic heterocycles. The summed E-state index contributed by atoms with van der Waals surface area (Å²) in [6, 6.07) is 10.3. The molecule has 0 amide bonds. The molecule has 3 nitrogen and oxygen atoms in total. The second kappa shape index (κ2) is 5.10. The Labute approximate surface area is 139 Å². The molecule has 4 aromatic rings. The van der Waals surface area contributed by atoms with Crippen molar-refractivity contribution in [3.63, 3.8) is 0 Å². The fourth-order valence-corrected chi connectivity index (χ4v) is 3.54. The first-order valence-electron chi connectivity index (χ1n) is 8.09. The van der Waals surface area contributed by atoms with Crippen molar-refractivity contribution in [1.29, 1.82) is 0 Å². The highest BCUT2D eigenvalue weighted by Gasteiger charge is 2.17. The van der Waals surface area contributed by atoms with Gasteiger partial charge in [0.25, 0.3) is 5.56 Å². The Bertz CT molecular complexity index is 1160. The first-order chi connectivity index (χ1) is 11.5. The molecule has 0 saturated carbocycles. The van der Waals surface area contributed by atoms with Crippen LogP contribution in [0, 0.1) is 27.7 Å². The van der Waals surface area contributed by atoms with E-state index in [2.05, 4.69) is 30.1 Å². The summed E-state index contributed by atoms with van der Waals surface area (Å²) in [6.45, 7) is 8.02. The van der Waals surface area contributed by atoms with Crippen molar-refractivity contribution in [3.05, 3.63) is 69.2 Å². The maximum Gasteiger partial charge on any atom is 0.251 e. The Balaban J connectivity index is 2.28. The van der Waals surface area contributed by atoms with E-state index in [9.17, 15) is 4.79 Å². The van der Waals surface area contributed by atoms with Crippen molar-refractivity contribution >= 4 is 21.9 Å². The summed E-state index contributed by atoms with van der Waals surface area (Å²) >= 11 is 0. The van der Waals surface area contributed by atoms with Gasteiger partial charge in [-0.05, 0) is 56.0 Å². The van der Waals surface area contributed by atoms with Gasteiger partial charge in [0.2, 0.25) is 0 Å². The molecule has 4 rings (SSSR count). The van der Waals surface area contributed by atoms with E-state index in [1.807, 2.05) is 32.9 Å². The van der Waals surface area contributed by atoms with Gasteiger partial charge < -0.3 is 9.40 Å². The second-order valence-corrected chi connectivity index (χ2v) is 6.49. The molecule has 0 unspecified atom stereocenters. The van der Waals surface area contributed by atoms with E-state index in [-0.39, 0.29) is 5.56 Å². The molecular formula is C21H19NO2. The number of nitrogens with one attached hydrogen (secondary N) is 1. The number of aryl methyl sites for hydroxylation is 3. The highest BCUT2D eigenvalue weighted by molar-refractivity contribution is 6.06. The van der Waals surface area contributed by atoms with Gasteiger partial charge in [-0.15, -0.1) is 0 Å². The molecule has 1 N–H and O–H groups in total. The highest BCUT2D eigenvalue weighted by atomic mass is 16.3. The van der Waals surface area contributed by atoms with Gasteiger partial charge in [0.05, 0.1) is 11.8 Å². The third-order valence-electron chi connectivity index (χ3n) is 4.93. The lowest BCUT2D eigenvalue weighted by atomic mass is 9.92. The van der Waals surface area contributed by atoms with E-state index >= 15 is 0 Å². The van der Waals surface area contributed by atoms with Crippen LogP contribution in [0.2, 0.25) is 0 Å². The van der Waals surface area contributed by atoms with E-state index in [1.54, 1.807) is 6.26 Å². The molecule has 3 heteroatoms. The van der Waals surface area contributed by atoms with Crippen LogP contribution in [0.15, 0.2) is 45.8 Å². The fraction of sp³-hybridized carbons (Fsp3) is 0.190. The summed E-state index contributed by atoms with van der Waals surface area (Å²) in [5.41, 5.74) is 7.75. The van der Waals surface area contributed by atoms with Crippen molar-refractivity contribution in [3.8, 4) is 11.1 Å². The number of aromatic nitrogens is 1. The Kier molecular flexibility index (Phi) is 3.14. The number of furan rings is 1. The monoisotopic (exact) mass is 317 g/mol. The van der Waals surface area contributed by atoms with Crippen LogP contribution in [-0.2, 0) is 0 Å². The maximum absolute atomic E-state index is 12.5. The molecule has 0 aliphatic heterocycles. The number of aromatic amines is 1. The summed E-state index contributed by atoms with van der Waals surface area (Å²) in [7, 11) is 0. The van der Waals surface area contributed by atoms with Crippen LogP contribution in [0.3, 0.4) is 0 Å². The Morgan fingerprint density at radius 2 is 1.67 bits per heavy atom. The van der Waals surface area contributed by atoms with Gasteiger partial charge in [-0.1, -0.05) is 24.3 Å². The first kappa shape index (κ1) is 14.8. The van der Waals surface area contributed by atoms with Crippen molar-refractivity contribution in [2.45, 2.75) is 27.7 Å². The first-order valence-corrected chi connectivity index (χ1v) is 8.09. The molecule has 2 aromatic carbocycles. The number of fused-ring (bicyclic) bond motifs is 2. The van der Waals surface area contributed by atoms with E-state index in [1.165, 1.54) is 0 Å². The molecule has 120 valence electrons. The Hall–Kier alpha value is -2.81. The molecule has 0 atom stereocenters. The minimum Gasteiger partial charge on any atom is -0.464 e. The van der Waals surface area contributed by atoms with Crippen molar-refractivity contribution < 1.29 is 4.42 Å². The fourth-order valence-electron chi connectivity index (χ4n) is 3.54. The summed E-state index contributed by atoms with van der Waals surface area (Å²) < 4.78 is 5.70. The molecule has 0 fully saturated rings. The molecule has 0 bridgehead atoms. The SMILES string of the molecule is Cc1ccccc1-c1c(C)c(=O)[nH]c2c(C)c3occ(C)c3cc12. The summed E-state index contributed by atoms with van der Waals surface area (Å²) in [6.07, 6.45) is 1.77. The Morgan fingerprint density at radius 3 is 2.42 bits per heavy atom. The lowest BCUT2D eigenvalue weighted by molar-refractivity contribution is 0.611. The van der Waals surface area contributed by atoms with Gasteiger partial charge in [-0.25, -0.2) is 0 Å². The summed E-state index contributed by atoms with van der Waals surface area (Å²) in [5.74, 6) is 0. The lowest BCUT2D eigenvalue weighted by Crippen LogP contribution is -2.12. The molecular weight excluding hydrogens is 298 g/mol. The third-order valence-corrected chi connectivity index (χ3v) is 4.93. The van der Waals surface area contributed by atoms with Gasteiger partial charge in [0.15, 0.2) is 0 Å². The van der Waals surface area contributed by atoms with Gasteiger partial charge in [0.1, 0.15) is 5.58 Å². The number of pyridine rings is 1. The van der Waals surface area contributed by atoms with E-state index in [0.29, 0.717) is 0 Å². The smallest absolute Gasteiger partial charge is 0.251 e. The largest absolute Gasteiger partial charge is 0.464 e. The summed E-state index contributed by atoms with van der Waals surface area (Å²) in [4.78, 5) is 15.6. The van der Waals surface area contributed by atoms with Gasteiger partial charge >= 0.3 is 0 Å². The van der Waals surface area contributed by atoms with Crippen LogP contribution in [0.5, 0.6) is 0 Å². The average molecular weight is 317 g/mol. The topological polar surface area (TPSA) is 46.0 Å². The van der Waals surface area contributed by atoms with E-state index < -0.39 is 0 Å².